The van der Waals surface area contributed by atoms with Gasteiger partial charge in [-0.05, 0) is 42.2 Å². The summed E-state index contributed by atoms with van der Waals surface area (Å²) in [6.07, 6.45) is 3.33. The van der Waals surface area contributed by atoms with Crippen molar-refractivity contribution >= 4 is 16.8 Å². The van der Waals surface area contributed by atoms with Crippen molar-refractivity contribution in [3.8, 4) is 0 Å². The minimum Gasteiger partial charge on any atom is -0.356 e. The van der Waals surface area contributed by atoms with E-state index in [4.69, 9.17) is 0 Å². The SMILES string of the molecule is C=C(F)C(=O)N1[C@@H](CCCC)Cc2c([nH]c3ccccc23)[C@@H]1c1ccc(F)cc1. The molecule has 1 aliphatic rings. The number of amides is 1. The van der Waals surface area contributed by atoms with Crippen molar-refractivity contribution in [1.82, 2.24) is 9.88 Å². The molecule has 0 spiro atoms. The fourth-order valence-electron chi connectivity index (χ4n) is 4.43. The van der Waals surface area contributed by atoms with Crippen molar-refractivity contribution in [3.05, 3.63) is 83.6 Å². The van der Waals surface area contributed by atoms with Gasteiger partial charge in [0.1, 0.15) is 5.82 Å². The van der Waals surface area contributed by atoms with Gasteiger partial charge in [0.2, 0.25) is 0 Å². The molecular formula is C24H24F2N2O. The number of rotatable bonds is 5. The highest BCUT2D eigenvalue weighted by Crippen LogP contribution is 2.42. The van der Waals surface area contributed by atoms with E-state index in [1.165, 1.54) is 12.1 Å². The molecule has 1 N–H and O–H groups in total. The highest BCUT2D eigenvalue weighted by atomic mass is 19.1. The zero-order chi connectivity index (χ0) is 20.5. The highest BCUT2D eigenvalue weighted by molar-refractivity contribution is 5.93. The van der Waals surface area contributed by atoms with Gasteiger partial charge in [-0.2, -0.15) is 0 Å². The quantitative estimate of drug-likeness (QED) is 0.544. The van der Waals surface area contributed by atoms with Crippen LogP contribution in [0.4, 0.5) is 8.78 Å². The van der Waals surface area contributed by atoms with E-state index in [0.717, 1.165) is 47.0 Å². The number of aromatic amines is 1. The molecule has 1 aliphatic heterocycles. The molecule has 0 aliphatic carbocycles. The Morgan fingerprint density at radius 1 is 1.21 bits per heavy atom. The number of unbranched alkanes of at least 4 members (excludes halogenated alkanes) is 1. The van der Waals surface area contributed by atoms with E-state index < -0.39 is 17.8 Å². The van der Waals surface area contributed by atoms with Crippen molar-refractivity contribution < 1.29 is 13.6 Å². The summed E-state index contributed by atoms with van der Waals surface area (Å²) in [4.78, 5) is 18.0. The summed E-state index contributed by atoms with van der Waals surface area (Å²) < 4.78 is 27.6. The molecule has 0 fully saturated rings. The summed E-state index contributed by atoms with van der Waals surface area (Å²) in [5.74, 6) is -2.03. The number of H-pyrrole nitrogens is 1. The van der Waals surface area contributed by atoms with Gasteiger partial charge in [0, 0.05) is 22.6 Å². The van der Waals surface area contributed by atoms with Crippen LogP contribution in [0.25, 0.3) is 10.9 Å². The molecule has 0 radical (unpaired) electrons. The smallest absolute Gasteiger partial charge is 0.283 e. The van der Waals surface area contributed by atoms with E-state index in [2.05, 4.69) is 24.6 Å². The van der Waals surface area contributed by atoms with Crippen LogP contribution < -0.4 is 0 Å². The van der Waals surface area contributed by atoms with Gasteiger partial charge in [0.05, 0.1) is 6.04 Å². The maximum absolute atomic E-state index is 14.1. The maximum Gasteiger partial charge on any atom is 0.283 e. The minimum atomic E-state index is -0.974. The lowest BCUT2D eigenvalue weighted by Gasteiger charge is -2.42. The number of carbonyl (C=O) groups excluding carboxylic acids is 1. The highest BCUT2D eigenvalue weighted by Gasteiger charge is 2.40. The molecule has 29 heavy (non-hydrogen) atoms. The number of halogens is 2. The van der Waals surface area contributed by atoms with Crippen LogP contribution in [0.15, 0.2) is 60.9 Å². The van der Waals surface area contributed by atoms with Crippen LogP contribution in [0.3, 0.4) is 0 Å². The molecule has 0 unspecified atom stereocenters. The second-order valence-electron chi connectivity index (χ2n) is 7.63. The zero-order valence-electron chi connectivity index (χ0n) is 16.4. The van der Waals surface area contributed by atoms with Gasteiger partial charge in [-0.25, -0.2) is 8.78 Å². The van der Waals surface area contributed by atoms with Crippen molar-refractivity contribution in [2.75, 3.05) is 0 Å². The van der Waals surface area contributed by atoms with Gasteiger partial charge in [0.25, 0.3) is 5.91 Å². The van der Waals surface area contributed by atoms with E-state index in [0.29, 0.717) is 6.42 Å². The van der Waals surface area contributed by atoms with E-state index in [1.807, 2.05) is 18.2 Å². The number of carbonyl (C=O) groups is 1. The monoisotopic (exact) mass is 394 g/mol. The number of hydrogen-bond donors (Lipinski definition) is 1. The number of fused-ring (bicyclic) bond motifs is 3. The van der Waals surface area contributed by atoms with Crippen LogP contribution >= 0.6 is 0 Å². The number of benzene rings is 2. The summed E-state index contributed by atoms with van der Waals surface area (Å²) in [7, 11) is 0. The predicted molar refractivity (Wildman–Crippen MR) is 111 cm³/mol. The molecule has 0 saturated carbocycles. The van der Waals surface area contributed by atoms with Crippen LogP contribution in [-0.2, 0) is 11.2 Å². The van der Waals surface area contributed by atoms with Gasteiger partial charge in [-0.15, -0.1) is 0 Å². The standard InChI is InChI=1S/C24H24F2N2O/c1-3-4-7-18-14-20-19-8-5-6-9-21(19)27-22(20)23(28(18)24(29)15(2)25)16-10-12-17(26)13-11-16/h5-6,8-13,18,23,27H,2-4,7,14H2,1H3/t18-,23-/m0/s1. The van der Waals surface area contributed by atoms with Crippen LogP contribution in [0, 0.1) is 5.82 Å². The van der Waals surface area contributed by atoms with E-state index in [1.54, 1.807) is 17.0 Å². The van der Waals surface area contributed by atoms with Crippen molar-refractivity contribution in [3.63, 3.8) is 0 Å². The molecular weight excluding hydrogens is 370 g/mol. The molecule has 5 heteroatoms. The predicted octanol–water partition coefficient (Wildman–Crippen LogP) is 5.82. The van der Waals surface area contributed by atoms with Crippen LogP contribution in [-0.4, -0.2) is 21.8 Å². The van der Waals surface area contributed by atoms with Gasteiger partial charge in [-0.3, -0.25) is 4.79 Å². The Bertz CT molecular complexity index is 1050. The molecule has 150 valence electrons. The normalized spacial score (nSPS) is 18.7. The Kier molecular flexibility index (Phi) is 5.22. The lowest BCUT2D eigenvalue weighted by atomic mass is 9.86. The summed E-state index contributed by atoms with van der Waals surface area (Å²) in [5.41, 5.74) is 3.73. The number of nitrogens with one attached hydrogen (secondary N) is 1. The number of hydrogen-bond acceptors (Lipinski definition) is 1. The first-order valence-electron chi connectivity index (χ1n) is 10.0. The maximum atomic E-state index is 14.1. The van der Waals surface area contributed by atoms with Gasteiger partial charge < -0.3 is 9.88 Å². The number of para-hydroxylation sites is 1. The Labute approximate surface area is 169 Å². The average Bonchev–Trinajstić information content (AvgIpc) is 3.09. The second kappa shape index (κ2) is 7.82. The van der Waals surface area contributed by atoms with Crippen molar-refractivity contribution in [1.29, 1.82) is 0 Å². The summed E-state index contributed by atoms with van der Waals surface area (Å²) in [5, 5.41) is 1.11. The number of aromatic nitrogens is 1. The Hall–Kier alpha value is -2.95. The third-order valence-corrected chi connectivity index (χ3v) is 5.77. The van der Waals surface area contributed by atoms with Crippen LogP contribution in [0.1, 0.15) is 49.0 Å². The van der Waals surface area contributed by atoms with Crippen LogP contribution in [0.2, 0.25) is 0 Å². The zero-order valence-corrected chi connectivity index (χ0v) is 16.4. The molecule has 2 heterocycles. The molecule has 2 aromatic carbocycles. The minimum absolute atomic E-state index is 0.156. The first-order chi connectivity index (χ1) is 14.0. The Morgan fingerprint density at radius 3 is 2.62 bits per heavy atom. The summed E-state index contributed by atoms with van der Waals surface area (Å²) >= 11 is 0. The molecule has 3 nitrogen and oxygen atoms in total. The number of nitrogens with zero attached hydrogens (tertiary/aromatic N) is 1. The summed E-state index contributed by atoms with van der Waals surface area (Å²) in [6.45, 7) is 5.35. The van der Waals surface area contributed by atoms with Gasteiger partial charge in [0.15, 0.2) is 5.83 Å². The molecule has 4 rings (SSSR count). The van der Waals surface area contributed by atoms with Gasteiger partial charge >= 0.3 is 0 Å². The molecule has 1 aromatic heterocycles. The van der Waals surface area contributed by atoms with E-state index in [-0.39, 0.29) is 11.9 Å². The fraction of sp³-hybridized carbons (Fsp3) is 0.292. The molecule has 2 atom stereocenters. The lowest BCUT2D eigenvalue weighted by Crippen LogP contribution is -2.48. The Morgan fingerprint density at radius 2 is 1.93 bits per heavy atom. The molecule has 3 aromatic rings. The first-order valence-corrected chi connectivity index (χ1v) is 10.0. The Balaban J connectivity index is 1.93. The molecule has 0 bridgehead atoms. The third kappa shape index (κ3) is 3.46. The third-order valence-electron chi connectivity index (χ3n) is 5.77. The fourth-order valence-corrected chi connectivity index (χ4v) is 4.43. The first kappa shape index (κ1) is 19.4. The average molecular weight is 394 g/mol. The summed E-state index contributed by atoms with van der Waals surface area (Å²) in [6, 6.07) is 13.4. The van der Waals surface area contributed by atoms with Gasteiger partial charge in [-0.1, -0.05) is 56.7 Å². The van der Waals surface area contributed by atoms with Crippen molar-refractivity contribution in [2.45, 2.75) is 44.7 Å². The van der Waals surface area contributed by atoms with Crippen LogP contribution in [0.5, 0.6) is 0 Å². The second-order valence-corrected chi connectivity index (χ2v) is 7.63. The topological polar surface area (TPSA) is 36.1 Å². The molecule has 0 saturated heterocycles. The van der Waals surface area contributed by atoms with Crippen molar-refractivity contribution in [2.24, 2.45) is 0 Å². The molecule has 1 amide bonds. The van der Waals surface area contributed by atoms with E-state index in [9.17, 15) is 13.6 Å². The van der Waals surface area contributed by atoms with E-state index >= 15 is 0 Å². The largest absolute Gasteiger partial charge is 0.356 e. The lowest BCUT2D eigenvalue weighted by molar-refractivity contribution is -0.133.